The van der Waals surface area contributed by atoms with Crippen molar-refractivity contribution in [2.45, 2.75) is 31.7 Å². The van der Waals surface area contributed by atoms with Gasteiger partial charge in [0.25, 0.3) is 0 Å². The molecule has 0 aromatic heterocycles. The van der Waals surface area contributed by atoms with Crippen LogP contribution < -0.4 is 15.0 Å². The van der Waals surface area contributed by atoms with Gasteiger partial charge in [0.1, 0.15) is 5.75 Å². The summed E-state index contributed by atoms with van der Waals surface area (Å²) in [5, 5.41) is 3.48. The molecule has 19 heavy (non-hydrogen) atoms. The number of anilines is 1. The van der Waals surface area contributed by atoms with Crippen molar-refractivity contribution >= 4 is 11.6 Å². The van der Waals surface area contributed by atoms with Crippen molar-refractivity contribution in [3.63, 3.8) is 0 Å². The van der Waals surface area contributed by atoms with E-state index in [1.165, 1.54) is 12.8 Å². The molecule has 4 nitrogen and oxygen atoms in total. The van der Waals surface area contributed by atoms with Crippen molar-refractivity contribution in [2.24, 2.45) is 0 Å². The van der Waals surface area contributed by atoms with E-state index in [2.05, 4.69) is 5.32 Å². The van der Waals surface area contributed by atoms with Gasteiger partial charge in [-0.2, -0.15) is 0 Å². The van der Waals surface area contributed by atoms with Crippen LogP contribution in [0.15, 0.2) is 24.3 Å². The largest absolute Gasteiger partial charge is 0.491 e. The van der Waals surface area contributed by atoms with Crippen molar-refractivity contribution in [1.29, 1.82) is 0 Å². The molecule has 1 N–H and O–H groups in total. The number of nitrogens with zero attached hydrogens (tertiary/aromatic N) is 1. The average Bonchev–Trinajstić information content (AvgIpc) is 3.24. The lowest BCUT2D eigenvalue weighted by Crippen LogP contribution is -2.33. The number of benzene rings is 1. The van der Waals surface area contributed by atoms with Crippen LogP contribution in [0.3, 0.4) is 0 Å². The highest BCUT2D eigenvalue weighted by molar-refractivity contribution is 5.95. The number of ether oxygens (including phenoxy) is 1. The highest BCUT2D eigenvalue weighted by Crippen LogP contribution is 2.30. The Morgan fingerprint density at radius 3 is 3.00 bits per heavy atom. The molecule has 1 aromatic carbocycles. The summed E-state index contributed by atoms with van der Waals surface area (Å²) in [6.07, 6.45) is 4.06. The summed E-state index contributed by atoms with van der Waals surface area (Å²) in [4.78, 5) is 14.0. The van der Waals surface area contributed by atoms with Gasteiger partial charge in [0.2, 0.25) is 5.91 Å². The number of carbonyl (C=O) groups is 1. The predicted octanol–water partition coefficient (Wildman–Crippen LogP) is 1.94. The zero-order valence-corrected chi connectivity index (χ0v) is 11.1. The molecule has 2 aliphatic rings. The van der Waals surface area contributed by atoms with Crippen LogP contribution in [0.1, 0.15) is 25.7 Å². The Morgan fingerprint density at radius 1 is 1.32 bits per heavy atom. The lowest BCUT2D eigenvalue weighted by molar-refractivity contribution is -0.118. The van der Waals surface area contributed by atoms with Crippen LogP contribution in [0, 0.1) is 0 Å². The maximum Gasteiger partial charge on any atom is 0.230 e. The van der Waals surface area contributed by atoms with E-state index >= 15 is 0 Å². The van der Waals surface area contributed by atoms with Gasteiger partial charge in [0.05, 0.1) is 18.7 Å². The van der Waals surface area contributed by atoms with Gasteiger partial charge in [-0.1, -0.05) is 12.1 Å². The molecule has 0 atom stereocenters. The molecule has 0 bridgehead atoms. The molecule has 0 unspecified atom stereocenters. The van der Waals surface area contributed by atoms with Gasteiger partial charge in [-0.15, -0.1) is 0 Å². The first-order chi connectivity index (χ1) is 9.34. The number of hydrogen-bond donors (Lipinski definition) is 1. The minimum absolute atomic E-state index is 0.163. The normalized spacial score (nSPS) is 18.7. The minimum atomic E-state index is 0.163. The third-order valence-electron chi connectivity index (χ3n) is 3.60. The van der Waals surface area contributed by atoms with Gasteiger partial charge in [0.15, 0.2) is 0 Å². The summed E-state index contributed by atoms with van der Waals surface area (Å²) >= 11 is 0. The lowest BCUT2D eigenvalue weighted by atomic mass is 10.2. The molecule has 0 saturated heterocycles. The maximum atomic E-state index is 12.1. The Balaban J connectivity index is 1.64. The van der Waals surface area contributed by atoms with Crippen LogP contribution in [0.4, 0.5) is 5.69 Å². The summed E-state index contributed by atoms with van der Waals surface area (Å²) in [5.74, 6) is 0.986. The van der Waals surface area contributed by atoms with Crippen LogP contribution >= 0.6 is 0 Å². The third kappa shape index (κ3) is 3.07. The van der Waals surface area contributed by atoms with E-state index in [9.17, 15) is 4.79 Å². The number of carbonyl (C=O) groups excluding carboxylic acids is 1. The monoisotopic (exact) mass is 260 g/mol. The van der Waals surface area contributed by atoms with E-state index in [4.69, 9.17) is 4.74 Å². The smallest absolute Gasteiger partial charge is 0.230 e. The van der Waals surface area contributed by atoms with Crippen LogP contribution in [0.2, 0.25) is 0 Å². The van der Waals surface area contributed by atoms with Crippen molar-refractivity contribution in [2.75, 3.05) is 24.6 Å². The number of rotatable bonds is 5. The predicted molar refractivity (Wildman–Crippen MR) is 74.5 cm³/mol. The van der Waals surface area contributed by atoms with Gasteiger partial charge < -0.3 is 15.0 Å². The van der Waals surface area contributed by atoms with Crippen molar-refractivity contribution in [3.05, 3.63) is 24.3 Å². The number of fused-ring (bicyclic) bond motifs is 1. The SMILES string of the molecule is O=C1CCOc2ccccc2N1CCCNC1CC1. The van der Waals surface area contributed by atoms with Gasteiger partial charge >= 0.3 is 0 Å². The van der Waals surface area contributed by atoms with Gasteiger partial charge in [0, 0.05) is 12.6 Å². The average molecular weight is 260 g/mol. The molecule has 1 saturated carbocycles. The van der Waals surface area contributed by atoms with E-state index in [1.54, 1.807) is 0 Å². The Morgan fingerprint density at radius 2 is 2.16 bits per heavy atom. The Kier molecular flexibility index (Phi) is 3.69. The standard InChI is InChI=1S/C15H20N2O2/c18-15-8-11-19-14-5-2-1-4-13(14)17(15)10-3-9-16-12-6-7-12/h1-2,4-5,12,16H,3,6-11H2. The highest BCUT2D eigenvalue weighted by atomic mass is 16.5. The molecule has 0 radical (unpaired) electrons. The van der Waals surface area contributed by atoms with E-state index < -0.39 is 0 Å². The lowest BCUT2D eigenvalue weighted by Gasteiger charge is -2.21. The fourth-order valence-corrected chi connectivity index (χ4v) is 2.40. The summed E-state index contributed by atoms with van der Waals surface area (Å²) in [7, 11) is 0. The van der Waals surface area contributed by atoms with E-state index in [0.717, 1.165) is 37.0 Å². The molecule has 3 rings (SSSR count). The van der Waals surface area contributed by atoms with Crippen LogP contribution in [-0.4, -0.2) is 31.6 Å². The van der Waals surface area contributed by atoms with Crippen molar-refractivity contribution in [1.82, 2.24) is 5.32 Å². The van der Waals surface area contributed by atoms with Gasteiger partial charge in [-0.25, -0.2) is 0 Å². The Bertz CT molecular complexity index is 457. The summed E-state index contributed by atoms with van der Waals surface area (Å²) in [6, 6.07) is 8.53. The molecular weight excluding hydrogens is 240 g/mol. The number of nitrogens with one attached hydrogen (secondary N) is 1. The van der Waals surface area contributed by atoms with Gasteiger partial charge in [-0.3, -0.25) is 4.79 Å². The molecular formula is C15H20N2O2. The zero-order chi connectivity index (χ0) is 13.1. The van der Waals surface area contributed by atoms with Crippen LogP contribution in [0.5, 0.6) is 5.75 Å². The number of para-hydroxylation sites is 2. The number of amides is 1. The second kappa shape index (κ2) is 5.61. The van der Waals surface area contributed by atoms with Crippen molar-refractivity contribution < 1.29 is 9.53 Å². The molecule has 1 heterocycles. The Labute approximate surface area is 113 Å². The number of hydrogen-bond acceptors (Lipinski definition) is 3. The third-order valence-corrected chi connectivity index (χ3v) is 3.60. The molecule has 102 valence electrons. The highest BCUT2D eigenvalue weighted by Gasteiger charge is 2.23. The van der Waals surface area contributed by atoms with Crippen molar-refractivity contribution in [3.8, 4) is 5.75 Å². The first-order valence-corrected chi connectivity index (χ1v) is 7.10. The van der Waals surface area contributed by atoms with Crippen LogP contribution in [0.25, 0.3) is 0 Å². The van der Waals surface area contributed by atoms with Crippen LogP contribution in [-0.2, 0) is 4.79 Å². The zero-order valence-electron chi connectivity index (χ0n) is 11.1. The first-order valence-electron chi connectivity index (χ1n) is 7.10. The summed E-state index contributed by atoms with van der Waals surface area (Å²) in [6.45, 7) is 2.23. The van der Waals surface area contributed by atoms with E-state index in [-0.39, 0.29) is 5.91 Å². The minimum Gasteiger partial charge on any atom is -0.491 e. The van der Waals surface area contributed by atoms with Gasteiger partial charge in [-0.05, 0) is 37.9 Å². The topological polar surface area (TPSA) is 41.6 Å². The molecule has 1 amide bonds. The van der Waals surface area contributed by atoms with E-state index in [0.29, 0.717) is 13.0 Å². The molecule has 1 fully saturated rings. The fourth-order valence-electron chi connectivity index (χ4n) is 2.40. The fraction of sp³-hybridized carbons (Fsp3) is 0.533. The Hall–Kier alpha value is -1.55. The maximum absolute atomic E-state index is 12.1. The molecule has 1 aromatic rings. The molecule has 1 aliphatic heterocycles. The second-order valence-electron chi connectivity index (χ2n) is 5.19. The molecule has 4 heteroatoms. The first kappa shape index (κ1) is 12.5. The van der Waals surface area contributed by atoms with E-state index in [1.807, 2.05) is 29.2 Å². The summed E-state index contributed by atoms with van der Waals surface area (Å²) in [5.41, 5.74) is 0.913. The summed E-state index contributed by atoms with van der Waals surface area (Å²) < 4.78 is 5.63. The second-order valence-corrected chi connectivity index (χ2v) is 5.19. The quantitative estimate of drug-likeness (QED) is 0.823. The molecule has 1 aliphatic carbocycles. The molecule has 0 spiro atoms.